The lowest BCUT2D eigenvalue weighted by Gasteiger charge is -2.11. The van der Waals surface area contributed by atoms with Gasteiger partial charge in [-0.3, -0.25) is 4.79 Å². The maximum absolute atomic E-state index is 12.2. The van der Waals surface area contributed by atoms with Crippen LogP contribution in [0, 0.1) is 0 Å². The molecule has 0 atom stereocenters. The Morgan fingerprint density at radius 1 is 0.938 bits per heavy atom. The van der Waals surface area contributed by atoms with E-state index < -0.39 is 0 Å². The highest BCUT2D eigenvalue weighted by Gasteiger charge is 2.13. The number of carbonyl (C=O) groups is 1. The highest BCUT2D eigenvalue weighted by molar-refractivity contribution is 6.35. The molecular weight excluding hydrogens is 465 g/mol. The molecule has 0 radical (unpaired) electrons. The van der Waals surface area contributed by atoms with Crippen LogP contribution in [0.15, 0.2) is 66.7 Å². The van der Waals surface area contributed by atoms with Crippen LogP contribution in [0.3, 0.4) is 0 Å². The number of benzene rings is 3. The first-order valence-corrected chi connectivity index (χ1v) is 11.5. The van der Waals surface area contributed by atoms with Crippen LogP contribution in [-0.4, -0.2) is 22.0 Å². The number of nitrogens with zero attached hydrogens (tertiary/aromatic N) is 2. The Bertz CT molecular complexity index is 1240. The van der Waals surface area contributed by atoms with Gasteiger partial charge >= 0.3 is 0 Å². The third-order valence-corrected chi connectivity index (χ3v) is 6.09. The van der Waals surface area contributed by atoms with Crippen molar-refractivity contribution in [1.29, 1.82) is 0 Å². The normalized spacial score (nSPS) is 11.1. The van der Waals surface area contributed by atoms with E-state index in [-0.39, 0.29) is 5.91 Å². The molecule has 7 heteroatoms. The maximum Gasteiger partial charge on any atom is 0.224 e. The maximum atomic E-state index is 12.2. The van der Waals surface area contributed by atoms with Gasteiger partial charge in [0, 0.05) is 28.0 Å². The van der Waals surface area contributed by atoms with Crippen molar-refractivity contribution in [3.05, 3.63) is 98.7 Å². The molecule has 4 nitrogen and oxygen atoms in total. The van der Waals surface area contributed by atoms with E-state index in [1.54, 1.807) is 18.2 Å². The van der Waals surface area contributed by atoms with Crippen molar-refractivity contribution in [3.8, 4) is 0 Å². The van der Waals surface area contributed by atoms with E-state index in [4.69, 9.17) is 39.8 Å². The fraction of sp³-hybridized carbons (Fsp3) is 0.200. The van der Waals surface area contributed by atoms with Crippen LogP contribution in [0.1, 0.15) is 23.4 Å². The zero-order chi connectivity index (χ0) is 22.5. The fourth-order valence-electron chi connectivity index (χ4n) is 3.64. The number of imidazole rings is 1. The molecule has 0 aliphatic rings. The molecule has 3 aromatic carbocycles. The minimum Gasteiger partial charge on any atom is -0.356 e. The van der Waals surface area contributed by atoms with Gasteiger partial charge in [-0.05, 0) is 53.9 Å². The minimum absolute atomic E-state index is 0.00577. The molecule has 0 unspecified atom stereocenters. The monoisotopic (exact) mass is 485 g/mol. The van der Waals surface area contributed by atoms with E-state index >= 15 is 0 Å². The first kappa shape index (κ1) is 22.7. The summed E-state index contributed by atoms with van der Waals surface area (Å²) in [7, 11) is 0. The van der Waals surface area contributed by atoms with Gasteiger partial charge in [0.25, 0.3) is 0 Å². The number of hydrogen-bond acceptors (Lipinski definition) is 2. The van der Waals surface area contributed by atoms with Crippen molar-refractivity contribution in [2.75, 3.05) is 6.54 Å². The Hall–Kier alpha value is -2.53. The number of halogens is 3. The summed E-state index contributed by atoms with van der Waals surface area (Å²) in [4.78, 5) is 17.0. The summed E-state index contributed by atoms with van der Waals surface area (Å²) >= 11 is 18.4. The van der Waals surface area contributed by atoms with E-state index in [1.165, 1.54) is 0 Å². The number of hydrogen-bond donors (Lipinski definition) is 1. The first-order valence-electron chi connectivity index (χ1n) is 10.4. The van der Waals surface area contributed by atoms with Crippen molar-refractivity contribution in [1.82, 2.24) is 14.9 Å². The molecule has 4 rings (SSSR count). The lowest BCUT2D eigenvalue weighted by Crippen LogP contribution is -2.26. The predicted molar refractivity (Wildman–Crippen MR) is 132 cm³/mol. The summed E-state index contributed by atoms with van der Waals surface area (Å²) in [5.41, 5.74) is 3.92. The number of para-hydroxylation sites is 2. The standard InChI is InChI=1S/C25H22Cl3N3O/c26-19-10-7-17(8-11-19)14-25(32)29-13-3-6-24-30-22-4-1-2-5-23(22)31(24)16-18-9-12-20(27)15-21(18)28/h1-2,4-5,7-12,15H,3,6,13-14,16H2,(H,29,32). The Morgan fingerprint density at radius 3 is 2.47 bits per heavy atom. The molecule has 0 spiro atoms. The van der Waals surface area contributed by atoms with Gasteiger partial charge in [0.1, 0.15) is 5.82 Å². The largest absolute Gasteiger partial charge is 0.356 e. The summed E-state index contributed by atoms with van der Waals surface area (Å²) in [6, 6.07) is 20.9. The number of aromatic nitrogens is 2. The molecule has 4 aromatic rings. The third-order valence-electron chi connectivity index (χ3n) is 5.25. The predicted octanol–water partition coefficient (Wildman–Crippen LogP) is 6.34. The van der Waals surface area contributed by atoms with Crippen LogP contribution in [0.4, 0.5) is 0 Å². The molecule has 0 bridgehead atoms. The van der Waals surface area contributed by atoms with Gasteiger partial charge in [-0.15, -0.1) is 0 Å². The van der Waals surface area contributed by atoms with Gasteiger partial charge in [-0.2, -0.15) is 0 Å². The SMILES string of the molecule is O=C(Cc1ccc(Cl)cc1)NCCCc1nc2ccccc2n1Cc1ccc(Cl)cc1Cl. The Kier molecular flexibility index (Phi) is 7.36. The van der Waals surface area contributed by atoms with Crippen LogP contribution >= 0.6 is 34.8 Å². The van der Waals surface area contributed by atoms with Gasteiger partial charge in [0.05, 0.1) is 24.0 Å². The number of carbonyl (C=O) groups excluding carboxylic acids is 1. The van der Waals surface area contributed by atoms with Gasteiger partial charge in [0.15, 0.2) is 0 Å². The molecule has 0 saturated carbocycles. The summed E-state index contributed by atoms with van der Waals surface area (Å²) in [5, 5.41) is 4.90. The van der Waals surface area contributed by atoms with Crippen molar-refractivity contribution < 1.29 is 4.79 Å². The van der Waals surface area contributed by atoms with E-state index in [0.717, 1.165) is 40.8 Å². The van der Waals surface area contributed by atoms with E-state index in [0.29, 0.717) is 34.6 Å². The summed E-state index contributed by atoms with van der Waals surface area (Å²) in [5.74, 6) is 0.956. The third kappa shape index (κ3) is 5.63. The molecular formula is C25H22Cl3N3O. The van der Waals surface area contributed by atoms with Crippen LogP contribution in [0.25, 0.3) is 11.0 Å². The smallest absolute Gasteiger partial charge is 0.224 e. The van der Waals surface area contributed by atoms with Crippen LogP contribution in [0.5, 0.6) is 0 Å². The molecule has 164 valence electrons. The number of nitrogens with one attached hydrogen (secondary N) is 1. The molecule has 0 aliphatic heterocycles. The highest BCUT2D eigenvalue weighted by atomic mass is 35.5. The fourth-order valence-corrected chi connectivity index (χ4v) is 4.23. The summed E-state index contributed by atoms with van der Waals surface area (Å²) in [6.07, 6.45) is 1.86. The highest BCUT2D eigenvalue weighted by Crippen LogP contribution is 2.25. The Labute approximate surface area is 202 Å². The second-order valence-corrected chi connectivity index (χ2v) is 8.88. The van der Waals surface area contributed by atoms with E-state index in [9.17, 15) is 4.79 Å². The molecule has 1 aromatic heterocycles. The number of fused-ring (bicyclic) bond motifs is 1. The van der Waals surface area contributed by atoms with E-state index in [2.05, 4.69) is 16.0 Å². The average molecular weight is 487 g/mol. The topological polar surface area (TPSA) is 46.9 Å². The van der Waals surface area contributed by atoms with Crippen LogP contribution < -0.4 is 5.32 Å². The number of rotatable bonds is 8. The molecule has 1 N–H and O–H groups in total. The van der Waals surface area contributed by atoms with Gasteiger partial charge in [-0.1, -0.05) is 65.1 Å². The minimum atomic E-state index is -0.00577. The van der Waals surface area contributed by atoms with Crippen molar-refractivity contribution in [3.63, 3.8) is 0 Å². The van der Waals surface area contributed by atoms with Gasteiger partial charge in [0.2, 0.25) is 5.91 Å². The number of aryl methyl sites for hydroxylation is 1. The summed E-state index contributed by atoms with van der Waals surface area (Å²) < 4.78 is 2.18. The first-order chi connectivity index (χ1) is 15.5. The summed E-state index contributed by atoms with van der Waals surface area (Å²) in [6.45, 7) is 1.19. The van der Waals surface area contributed by atoms with E-state index in [1.807, 2.05) is 42.5 Å². The lowest BCUT2D eigenvalue weighted by molar-refractivity contribution is -0.120. The second kappa shape index (κ2) is 10.4. The van der Waals surface area contributed by atoms with Gasteiger partial charge in [-0.25, -0.2) is 4.98 Å². The zero-order valence-corrected chi connectivity index (χ0v) is 19.6. The molecule has 32 heavy (non-hydrogen) atoms. The van der Waals surface area contributed by atoms with Crippen molar-refractivity contribution >= 4 is 51.7 Å². The quantitative estimate of drug-likeness (QED) is 0.296. The van der Waals surface area contributed by atoms with Crippen LogP contribution in [-0.2, 0) is 24.2 Å². The van der Waals surface area contributed by atoms with Crippen LogP contribution in [0.2, 0.25) is 15.1 Å². The molecule has 1 amide bonds. The average Bonchev–Trinajstić information content (AvgIpc) is 3.12. The van der Waals surface area contributed by atoms with Gasteiger partial charge < -0.3 is 9.88 Å². The molecule has 0 aliphatic carbocycles. The Balaban J connectivity index is 1.41. The number of amides is 1. The Morgan fingerprint density at radius 2 is 1.69 bits per heavy atom. The molecule has 1 heterocycles. The lowest BCUT2D eigenvalue weighted by atomic mass is 10.1. The second-order valence-electron chi connectivity index (χ2n) is 7.60. The zero-order valence-electron chi connectivity index (χ0n) is 17.3. The van der Waals surface area contributed by atoms with Crippen molar-refractivity contribution in [2.24, 2.45) is 0 Å². The molecule has 0 saturated heterocycles. The molecule has 0 fully saturated rings. The van der Waals surface area contributed by atoms with Crippen molar-refractivity contribution in [2.45, 2.75) is 25.8 Å².